The minimum absolute atomic E-state index is 0.0208. The highest BCUT2D eigenvalue weighted by atomic mass is 19.1. The number of nitrogens with one attached hydrogen (secondary N) is 1. The van der Waals surface area contributed by atoms with Crippen molar-refractivity contribution in [1.82, 2.24) is 4.98 Å². The molecule has 0 aliphatic carbocycles. The molecule has 0 bridgehead atoms. The Balaban J connectivity index is 3.17. The maximum absolute atomic E-state index is 12.9. The van der Waals surface area contributed by atoms with Crippen LogP contribution in [-0.4, -0.2) is 17.8 Å². The average molecular weight is 196 g/mol. The van der Waals surface area contributed by atoms with Gasteiger partial charge in [0.05, 0.1) is 18.9 Å². The van der Waals surface area contributed by atoms with Crippen molar-refractivity contribution < 1.29 is 9.13 Å². The molecular formula is C10H13FN2O. The predicted molar refractivity (Wildman–Crippen MR) is 52.4 cm³/mol. The summed E-state index contributed by atoms with van der Waals surface area (Å²) in [6.45, 7) is 3.74. The zero-order chi connectivity index (χ0) is 10.7. The zero-order valence-corrected chi connectivity index (χ0v) is 8.47. The fourth-order valence-electron chi connectivity index (χ4n) is 1.09. The number of hydrogen-bond acceptors (Lipinski definition) is 3. The van der Waals surface area contributed by atoms with Gasteiger partial charge in [-0.05, 0) is 12.0 Å². The van der Waals surface area contributed by atoms with Gasteiger partial charge in [-0.2, -0.15) is 0 Å². The molecule has 1 aromatic rings. The molecule has 1 rings (SSSR count). The van der Waals surface area contributed by atoms with E-state index in [9.17, 15) is 4.39 Å². The quantitative estimate of drug-likeness (QED) is 0.753. The molecule has 0 radical (unpaired) electrons. The van der Waals surface area contributed by atoms with E-state index in [1.807, 2.05) is 13.8 Å². The van der Waals surface area contributed by atoms with Crippen LogP contribution in [0.2, 0.25) is 0 Å². The Morgan fingerprint density at radius 2 is 2.21 bits per heavy atom. The topological polar surface area (TPSA) is 46.0 Å². The van der Waals surface area contributed by atoms with Gasteiger partial charge in [0.1, 0.15) is 5.82 Å². The maximum atomic E-state index is 12.9. The van der Waals surface area contributed by atoms with Crippen LogP contribution in [0.25, 0.3) is 0 Å². The van der Waals surface area contributed by atoms with Crippen LogP contribution in [0.4, 0.5) is 4.39 Å². The summed E-state index contributed by atoms with van der Waals surface area (Å²) in [5, 5.41) is 7.74. The molecule has 0 saturated heterocycles. The number of methoxy groups -OCH3 is 1. The van der Waals surface area contributed by atoms with E-state index in [4.69, 9.17) is 10.1 Å². The van der Waals surface area contributed by atoms with Gasteiger partial charge < -0.3 is 10.1 Å². The molecule has 0 aliphatic rings. The molecule has 0 amide bonds. The molecule has 0 aliphatic heterocycles. The minimum Gasteiger partial charge on any atom is -0.481 e. The maximum Gasteiger partial charge on any atom is 0.222 e. The average Bonchev–Trinajstić information content (AvgIpc) is 2.16. The summed E-state index contributed by atoms with van der Waals surface area (Å²) in [6, 6.07) is 1.27. The van der Waals surface area contributed by atoms with Crippen molar-refractivity contribution in [3.8, 4) is 5.88 Å². The van der Waals surface area contributed by atoms with Gasteiger partial charge in [-0.1, -0.05) is 13.8 Å². The second kappa shape index (κ2) is 4.17. The van der Waals surface area contributed by atoms with Gasteiger partial charge in [0.2, 0.25) is 5.88 Å². The van der Waals surface area contributed by atoms with Crippen molar-refractivity contribution >= 4 is 5.71 Å². The van der Waals surface area contributed by atoms with Crippen LogP contribution >= 0.6 is 0 Å². The van der Waals surface area contributed by atoms with Crippen LogP contribution in [-0.2, 0) is 0 Å². The molecule has 1 heterocycles. The van der Waals surface area contributed by atoms with Crippen LogP contribution in [0.1, 0.15) is 19.4 Å². The van der Waals surface area contributed by atoms with Crippen molar-refractivity contribution in [2.75, 3.05) is 7.11 Å². The van der Waals surface area contributed by atoms with Gasteiger partial charge in [-0.3, -0.25) is 0 Å². The Hall–Kier alpha value is -1.45. The summed E-state index contributed by atoms with van der Waals surface area (Å²) in [5.41, 5.74) is 0.747. The Labute approximate surface area is 82.4 Å². The number of hydrogen-bond donors (Lipinski definition) is 1. The predicted octanol–water partition coefficient (Wildman–Crippen LogP) is 2.25. The highest BCUT2D eigenvalue weighted by Crippen LogP contribution is 2.19. The Morgan fingerprint density at radius 1 is 1.57 bits per heavy atom. The Morgan fingerprint density at radius 3 is 2.71 bits per heavy atom. The highest BCUT2D eigenvalue weighted by Gasteiger charge is 2.13. The molecule has 76 valence electrons. The third-order valence-corrected chi connectivity index (χ3v) is 1.88. The van der Waals surface area contributed by atoms with Crippen LogP contribution in [0.15, 0.2) is 12.3 Å². The van der Waals surface area contributed by atoms with Crippen LogP contribution in [0, 0.1) is 17.1 Å². The van der Waals surface area contributed by atoms with Crippen LogP contribution in [0.3, 0.4) is 0 Å². The minimum atomic E-state index is -0.453. The Kier molecular flexibility index (Phi) is 3.17. The molecule has 4 heteroatoms. The lowest BCUT2D eigenvalue weighted by Gasteiger charge is -2.10. The number of pyridine rings is 1. The molecular weight excluding hydrogens is 183 g/mol. The molecule has 14 heavy (non-hydrogen) atoms. The third kappa shape index (κ3) is 2.07. The fourth-order valence-corrected chi connectivity index (χ4v) is 1.09. The van der Waals surface area contributed by atoms with Crippen molar-refractivity contribution in [3.63, 3.8) is 0 Å². The van der Waals surface area contributed by atoms with Crippen molar-refractivity contribution in [2.45, 2.75) is 13.8 Å². The normalized spacial score (nSPS) is 10.4. The molecule has 0 spiro atoms. The van der Waals surface area contributed by atoms with Gasteiger partial charge in [-0.25, -0.2) is 9.37 Å². The largest absolute Gasteiger partial charge is 0.481 e. The first kappa shape index (κ1) is 10.6. The number of aromatic nitrogens is 1. The number of halogens is 1. The first-order valence-electron chi connectivity index (χ1n) is 4.34. The molecule has 0 unspecified atom stereocenters. The van der Waals surface area contributed by atoms with Crippen molar-refractivity contribution in [2.24, 2.45) is 5.92 Å². The smallest absolute Gasteiger partial charge is 0.222 e. The molecule has 0 atom stereocenters. The lowest BCUT2D eigenvalue weighted by molar-refractivity contribution is 0.394. The van der Waals surface area contributed by atoms with Crippen LogP contribution in [0.5, 0.6) is 5.88 Å². The summed E-state index contributed by atoms with van der Waals surface area (Å²) in [5.74, 6) is -0.135. The molecule has 0 fully saturated rings. The van der Waals surface area contributed by atoms with Crippen molar-refractivity contribution in [1.29, 1.82) is 5.41 Å². The van der Waals surface area contributed by atoms with Gasteiger partial charge in [0.25, 0.3) is 0 Å². The van der Waals surface area contributed by atoms with Gasteiger partial charge in [-0.15, -0.1) is 0 Å². The third-order valence-electron chi connectivity index (χ3n) is 1.88. The first-order valence-corrected chi connectivity index (χ1v) is 4.34. The van der Waals surface area contributed by atoms with E-state index in [2.05, 4.69) is 4.98 Å². The van der Waals surface area contributed by atoms with Crippen molar-refractivity contribution in [3.05, 3.63) is 23.6 Å². The summed E-state index contributed by atoms with van der Waals surface area (Å²) >= 11 is 0. The fraction of sp³-hybridized carbons (Fsp3) is 0.400. The monoisotopic (exact) mass is 196 g/mol. The number of nitrogens with zero attached hydrogens (tertiary/aromatic N) is 1. The molecule has 1 aromatic heterocycles. The standard InChI is InChI=1S/C10H13FN2O/c1-6(2)9(12)8-4-7(11)5-13-10(8)14-3/h4-6,12H,1-3H3. The van der Waals surface area contributed by atoms with E-state index in [1.165, 1.54) is 13.2 Å². The van der Waals surface area contributed by atoms with E-state index in [1.54, 1.807) is 0 Å². The SMILES string of the molecule is COc1ncc(F)cc1C(=N)C(C)C. The summed E-state index contributed by atoms with van der Waals surface area (Å²) in [6.07, 6.45) is 1.08. The molecule has 1 N–H and O–H groups in total. The second-order valence-electron chi connectivity index (χ2n) is 3.28. The van der Waals surface area contributed by atoms with Crippen LogP contribution < -0.4 is 4.74 Å². The van der Waals surface area contributed by atoms with E-state index < -0.39 is 5.82 Å². The molecule has 3 nitrogen and oxygen atoms in total. The lowest BCUT2D eigenvalue weighted by Crippen LogP contribution is -2.10. The van der Waals surface area contributed by atoms with E-state index >= 15 is 0 Å². The van der Waals surface area contributed by atoms with E-state index in [0.717, 1.165) is 6.20 Å². The zero-order valence-electron chi connectivity index (χ0n) is 8.47. The number of ether oxygens (including phenoxy) is 1. The lowest BCUT2D eigenvalue weighted by atomic mass is 10.0. The number of rotatable bonds is 3. The summed E-state index contributed by atoms with van der Waals surface area (Å²) in [4.78, 5) is 3.76. The highest BCUT2D eigenvalue weighted by molar-refractivity contribution is 6.01. The summed E-state index contributed by atoms with van der Waals surface area (Å²) in [7, 11) is 1.46. The molecule has 0 saturated carbocycles. The first-order chi connectivity index (χ1) is 6.56. The molecule has 0 aromatic carbocycles. The summed E-state index contributed by atoms with van der Waals surface area (Å²) < 4.78 is 17.8. The van der Waals surface area contributed by atoms with Gasteiger partial charge >= 0.3 is 0 Å². The Bertz CT molecular complexity index is 350. The second-order valence-corrected chi connectivity index (χ2v) is 3.28. The van der Waals surface area contributed by atoms with E-state index in [0.29, 0.717) is 17.2 Å². The van der Waals surface area contributed by atoms with Gasteiger partial charge in [0.15, 0.2) is 0 Å². The van der Waals surface area contributed by atoms with E-state index in [-0.39, 0.29) is 5.92 Å². The van der Waals surface area contributed by atoms with Gasteiger partial charge in [0, 0.05) is 5.71 Å².